The maximum Gasteiger partial charge on any atom is 0.259 e. The molecule has 0 radical (unpaired) electrons. The number of carbonyl (C=O) groups excluding carboxylic acids is 1. The number of benzene rings is 1. The van der Waals surface area contributed by atoms with E-state index in [1.165, 1.54) is 0 Å². The molecule has 0 aliphatic carbocycles. The summed E-state index contributed by atoms with van der Waals surface area (Å²) >= 11 is 0. The van der Waals surface area contributed by atoms with E-state index in [0.29, 0.717) is 22.7 Å². The molecule has 5 nitrogen and oxygen atoms in total. The Morgan fingerprint density at radius 1 is 1.40 bits per heavy atom. The average molecular weight is 269 g/mol. The highest BCUT2D eigenvalue weighted by Crippen LogP contribution is 2.15. The highest BCUT2D eigenvalue weighted by molar-refractivity contribution is 6.05. The minimum absolute atomic E-state index is 0.246. The van der Waals surface area contributed by atoms with Gasteiger partial charge in [0.1, 0.15) is 0 Å². The minimum Gasteiger partial charge on any atom is -0.338 e. The van der Waals surface area contributed by atoms with Crippen LogP contribution in [0.2, 0.25) is 0 Å². The second kappa shape index (κ2) is 6.04. The van der Waals surface area contributed by atoms with Gasteiger partial charge in [-0.25, -0.2) is 0 Å². The van der Waals surface area contributed by atoms with Crippen molar-refractivity contribution in [2.75, 3.05) is 11.9 Å². The maximum absolute atomic E-state index is 12.3. The molecule has 3 N–H and O–H groups in total. The highest BCUT2D eigenvalue weighted by Gasteiger charge is 2.13. The smallest absolute Gasteiger partial charge is 0.259 e. The van der Waals surface area contributed by atoms with Gasteiger partial charge in [-0.2, -0.15) is 0 Å². The Labute approximate surface area is 117 Å². The van der Waals surface area contributed by atoms with Crippen molar-refractivity contribution in [2.45, 2.75) is 13.8 Å². The molecule has 0 spiro atoms. The number of amides is 1. The van der Waals surface area contributed by atoms with Gasteiger partial charge in [0.2, 0.25) is 5.88 Å². The van der Waals surface area contributed by atoms with Crippen LogP contribution in [0.3, 0.4) is 0 Å². The van der Waals surface area contributed by atoms with Crippen LogP contribution in [-0.4, -0.2) is 17.6 Å². The van der Waals surface area contributed by atoms with Gasteiger partial charge in [0, 0.05) is 11.6 Å². The van der Waals surface area contributed by atoms with Gasteiger partial charge in [-0.3, -0.25) is 10.1 Å². The number of hydrogen-bond donors (Lipinski definition) is 2. The van der Waals surface area contributed by atoms with E-state index >= 15 is 0 Å². The largest absolute Gasteiger partial charge is 0.338 e. The first-order valence-electron chi connectivity index (χ1n) is 6.14. The van der Waals surface area contributed by atoms with E-state index < -0.39 is 0 Å². The van der Waals surface area contributed by atoms with Gasteiger partial charge in [-0.15, -0.1) is 0 Å². The Bertz CT molecular complexity index is 693. The first kappa shape index (κ1) is 13.8. The summed E-state index contributed by atoms with van der Waals surface area (Å²) in [4.78, 5) is 12.3. The zero-order chi connectivity index (χ0) is 14.5. The topological polar surface area (TPSA) is 81.2 Å². The Balaban J connectivity index is 2.30. The molecule has 1 amide bonds. The van der Waals surface area contributed by atoms with Crippen LogP contribution < -0.4 is 11.1 Å². The lowest BCUT2D eigenvalue weighted by atomic mass is 10.0. The zero-order valence-corrected chi connectivity index (χ0v) is 11.4. The Hall–Kier alpha value is -2.58. The number of aryl methyl sites for hydroxylation is 2. The maximum atomic E-state index is 12.3. The first-order valence-corrected chi connectivity index (χ1v) is 6.14. The molecular weight excluding hydrogens is 254 g/mol. The van der Waals surface area contributed by atoms with Crippen LogP contribution in [0.1, 0.15) is 27.2 Å². The standard InChI is InChI=1S/C15H15N3O2/c1-10-5-6-12(4-3-7-16)13(8-10)15(19)17-14-9-11(2)18-20-14/h5-6,8-9H,7,16H2,1-2H3,(H,17,19). The lowest BCUT2D eigenvalue weighted by Gasteiger charge is -2.05. The van der Waals surface area contributed by atoms with Gasteiger partial charge in [0.25, 0.3) is 5.91 Å². The normalized spacial score (nSPS) is 9.75. The molecule has 20 heavy (non-hydrogen) atoms. The van der Waals surface area contributed by atoms with E-state index in [2.05, 4.69) is 22.3 Å². The summed E-state index contributed by atoms with van der Waals surface area (Å²) in [5, 5.41) is 6.37. The average Bonchev–Trinajstić information content (AvgIpc) is 2.82. The highest BCUT2D eigenvalue weighted by atomic mass is 16.5. The Kier molecular flexibility index (Phi) is 4.18. The molecule has 0 saturated carbocycles. The van der Waals surface area contributed by atoms with Gasteiger partial charge in [-0.1, -0.05) is 28.6 Å². The number of hydrogen-bond acceptors (Lipinski definition) is 4. The van der Waals surface area contributed by atoms with Crippen molar-refractivity contribution >= 4 is 11.8 Å². The summed E-state index contributed by atoms with van der Waals surface area (Å²) < 4.78 is 4.97. The van der Waals surface area contributed by atoms with E-state index in [0.717, 1.165) is 5.56 Å². The molecule has 1 heterocycles. The number of anilines is 1. The zero-order valence-electron chi connectivity index (χ0n) is 11.4. The molecule has 0 atom stereocenters. The predicted molar refractivity (Wildman–Crippen MR) is 76.3 cm³/mol. The molecule has 102 valence electrons. The number of aromatic nitrogens is 1. The number of nitrogens with zero attached hydrogens (tertiary/aromatic N) is 1. The third-order valence-corrected chi connectivity index (χ3v) is 2.61. The van der Waals surface area contributed by atoms with Crippen molar-refractivity contribution in [3.05, 3.63) is 46.6 Å². The quantitative estimate of drug-likeness (QED) is 0.815. The van der Waals surface area contributed by atoms with Gasteiger partial charge in [0.15, 0.2) is 0 Å². The van der Waals surface area contributed by atoms with Gasteiger partial charge in [-0.05, 0) is 26.0 Å². The second-order valence-corrected chi connectivity index (χ2v) is 4.34. The van der Waals surface area contributed by atoms with Crippen LogP contribution in [0, 0.1) is 25.7 Å². The van der Waals surface area contributed by atoms with Gasteiger partial charge >= 0.3 is 0 Å². The fourth-order valence-corrected chi connectivity index (χ4v) is 1.70. The van der Waals surface area contributed by atoms with E-state index in [1.807, 2.05) is 13.0 Å². The first-order chi connectivity index (χ1) is 9.60. The third-order valence-electron chi connectivity index (χ3n) is 2.61. The summed E-state index contributed by atoms with van der Waals surface area (Å²) in [5.41, 5.74) is 8.16. The van der Waals surface area contributed by atoms with Crippen LogP contribution in [0.4, 0.5) is 5.88 Å². The van der Waals surface area contributed by atoms with Crippen LogP contribution in [-0.2, 0) is 0 Å². The second-order valence-electron chi connectivity index (χ2n) is 4.34. The summed E-state index contributed by atoms with van der Waals surface area (Å²) in [6.07, 6.45) is 0. The van der Waals surface area contributed by atoms with Crippen molar-refractivity contribution in [1.82, 2.24) is 5.16 Å². The number of carbonyl (C=O) groups is 1. The molecule has 0 fully saturated rings. The molecule has 2 rings (SSSR count). The van der Waals surface area contributed by atoms with E-state index in [1.54, 1.807) is 25.1 Å². The molecule has 2 aromatic rings. The van der Waals surface area contributed by atoms with Crippen molar-refractivity contribution < 1.29 is 9.32 Å². The summed E-state index contributed by atoms with van der Waals surface area (Å²) in [7, 11) is 0. The molecule has 0 saturated heterocycles. The van der Waals surface area contributed by atoms with E-state index in [9.17, 15) is 4.79 Å². The summed E-state index contributed by atoms with van der Waals surface area (Å²) in [6, 6.07) is 7.13. The molecular formula is C15H15N3O2. The summed E-state index contributed by atoms with van der Waals surface area (Å²) in [5.74, 6) is 5.67. The third kappa shape index (κ3) is 3.25. The van der Waals surface area contributed by atoms with Crippen molar-refractivity contribution in [3.8, 4) is 11.8 Å². The number of nitrogens with one attached hydrogen (secondary N) is 1. The summed E-state index contributed by atoms with van der Waals surface area (Å²) in [6.45, 7) is 3.94. The van der Waals surface area contributed by atoms with Crippen molar-refractivity contribution in [1.29, 1.82) is 0 Å². The lowest BCUT2D eigenvalue weighted by Crippen LogP contribution is -2.13. The molecule has 0 aliphatic rings. The van der Waals surface area contributed by atoms with Crippen LogP contribution in [0.15, 0.2) is 28.8 Å². The van der Waals surface area contributed by atoms with Crippen molar-refractivity contribution in [3.63, 3.8) is 0 Å². The van der Waals surface area contributed by atoms with Gasteiger partial charge < -0.3 is 10.3 Å². The molecule has 0 unspecified atom stereocenters. The molecule has 0 bridgehead atoms. The Morgan fingerprint density at radius 2 is 2.20 bits per heavy atom. The number of rotatable bonds is 2. The molecule has 1 aromatic carbocycles. The van der Waals surface area contributed by atoms with Crippen LogP contribution >= 0.6 is 0 Å². The molecule has 5 heteroatoms. The minimum atomic E-state index is -0.286. The van der Waals surface area contributed by atoms with E-state index in [-0.39, 0.29) is 12.5 Å². The fraction of sp³-hybridized carbons (Fsp3) is 0.200. The van der Waals surface area contributed by atoms with Crippen LogP contribution in [0.5, 0.6) is 0 Å². The molecule has 1 aromatic heterocycles. The predicted octanol–water partition coefficient (Wildman–Crippen LogP) is 1.85. The molecule has 0 aliphatic heterocycles. The monoisotopic (exact) mass is 269 g/mol. The van der Waals surface area contributed by atoms with E-state index in [4.69, 9.17) is 10.3 Å². The SMILES string of the molecule is Cc1ccc(C#CCN)c(C(=O)Nc2cc(C)no2)c1. The number of nitrogens with two attached hydrogens (primary N) is 1. The van der Waals surface area contributed by atoms with Crippen molar-refractivity contribution in [2.24, 2.45) is 5.73 Å². The fourth-order valence-electron chi connectivity index (χ4n) is 1.70. The lowest BCUT2D eigenvalue weighted by molar-refractivity contribution is 0.102. The van der Waals surface area contributed by atoms with Crippen LogP contribution in [0.25, 0.3) is 0 Å². The van der Waals surface area contributed by atoms with Gasteiger partial charge in [0.05, 0.1) is 17.8 Å². The Morgan fingerprint density at radius 3 is 2.85 bits per heavy atom.